The zero-order chi connectivity index (χ0) is 21.8. The molecule has 1 saturated heterocycles. The number of carbonyl (C=O) groups is 1. The summed E-state index contributed by atoms with van der Waals surface area (Å²) in [6.45, 7) is 2.79. The molecule has 1 aromatic carbocycles. The third kappa shape index (κ3) is 3.47. The van der Waals surface area contributed by atoms with Crippen LogP contribution in [-0.2, 0) is 4.74 Å². The molecule has 2 aromatic rings. The third-order valence-electron chi connectivity index (χ3n) is 7.36. The predicted molar refractivity (Wildman–Crippen MR) is 123 cm³/mol. The lowest BCUT2D eigenvalue weighted by Gasteiger charge is -2.52. The first-order valence-electron chi connectivity index (χ1n) is 11.4. The average Bonchev–Trinajstić information content (AvgIpc) is 2.77. The second-order valence-electron chi connectivity index (χ2n) is 9.78. The monoisotopic (exact) mass is 421 g/mol. The van der Waals surface area contributed by atoms with Gasteiger partial charge in [0.1, 0.15) is 5.56 Å². The molecule has 2 aliphatic heterocycles. The van der Waals surface area contributed by atoms with Gasteiger partial charge in [0, 0.05) is 31.0 Å². The van der Waals surface area contributed by atoms with Gasteiger partial charge in [-0.25, -0.2) is 14.3 Å². The number of methoxy groups -OCH3 is 1. The number of ether oxygens (including phenoxy) is 1. The molecule has 1 amide bonds. The van der Waals surface area contributed by atoms with E-state index in [4.69, 9.17) is 9.72 Å². The number of anilines is 1. The van der Waals surface area contributed by atoms with Crippen LogP contribution < -0.4 is 10.2 Å². The van der Waals surface area contributed by atoms with Crippen LogP contribution >= 0.6 is 0 Å². The van der Waals surface area contributed by atoms with Crippen molar-refractivity contribution in [1.29, 1.82) is 0 Å². The van der Waals surface area contributed by atoms with Gasteiger partial charge in [-0.1, -0.05) is 23.8 Å². The summed E-state index contributed by atoms with van der Waals surface area (Å²) < 4.78 is 6.27. The van der Waals surface area contributed by atoms with Gasteiger partial charge in [-0.15, -0.1) is 0 Å². The lowest BCUT2D eigenvalue weighted by atomic mass is 9.91. The van der Waals surface area contributed by atoms with Crippen molar-refractivity contribution in [3.05, 3.63) is 47.5 Å². The highest BCUT2D eigenvalue weighted by atomic mass is 16.5. The van der Waals surface area contributed by atoms with Crippen LogP contribution in [0.4, 0.5) is 5.82 Å². The molecule has 1 fully saturated rings. The van der Waals surface area contributed by atoms with Gasteiger partial charge < -0.3 is 15.0 Å². The number of pyridine rings is 1. The Hall–Kier alpha value is -2.28. The van der Waals surface area contributed by atoms with E-state index in [-0.39, 0.29) is 24.2 Å². The molecule has 5 rings (SSSR count). The normalized spacial score (nSPS) is 29.7. The fourth-order valence-electron chi connectivity index (χ4n) is 5.54. The molecule has 164 valence electrons. The number of hydrogen-bond acceptors (Lipinski definition) is 5. The van der Waals surface area contributed by atoms with E-state index in [2.05, 4.69) is 47.5 Å². The maximum absolute atomic E-state index is 13.6. The number of piperidine rings is 1. The summed E-state index contributed by atoms with van der Waals surface area (Å²) in [4.78, 5) is 20.9. The summed E-state index contributed by atoms with van der Waals surface area (Å²) in [6, 6.07) is 8.85. The zero-order valence-corrected chi connectivity index (χ0v) is 19.0. The van der Waals surface area contributed by atoms with E-state index in [9.17, 15) is 4.79 Å². The summed E-state index contributed by atoms with van der Waals surface area (Å²) in [5, 5.41) is 4.85. The lowest BCUT2D eigenvalue weighted by Crippen LogP contribution is -2.71. The topological polar surface area (TPSA) is 54.5 Å². The Morgan fingerprint density at radius 3 is 2.84 bits per heavy atom. The van der Waals surface area contributed by atoms with Crippen molar-refractivity contribution in [2.24, 2.45) is 0 Å². The number of fused-ring (bicyclic) bond motifs is 4. The lowest BCUT2D eigenvalue weighted by molar-refractivity contribution is -0.837. The summed E-state index contributed by atoms with van der Waals surface area (Å²) in [5.41, 5.74) is 2.83. The van der Waals surface area contributed by atoms with Crippen molar-refractivity contribution in [3.8, 4) is 0 Å². The van der Waals surface area contributed by atoms with E-state index < -0.39 is 0 Å². The summed E-state index contributed by atoms with van der Waals surface area (Å²) in [5.74, 6) is 0.946. The molecular weight excluding hydrogens is 388 g/mol. The molecule has 1 aromatic heterocycles. The van der Waals surface area contributed by atoms with E-state index in [0.717, 1.165) is 41.7 Å². The van der Waals surface area contributed by atoms with Crippen molar-refractivity contribution >= 4 is 22.6 Å². The molecule has 3 aliphatic rings. The number of nitrogens with one attached hydrogen (secondary N) is 1. The maximum atomic E-state index is 13.6. The van der Waals surface area contributed by atoms with Crippen molar-refractivity contribution in [3.63, 3.8) is 0 Å². The van der Waals surface area contributed by atoms with Crippen molar-refractivity contribution < 1.29 is 14.0 Å². The molecule has 0 spiro atoms. The Morgan fingerprint density at radius 2 is 2.10 bits per heavy atom. The molecule has 0 bridgehead atoms. The summed E-state index contributed by atoms with van der Waals surface area (Å²) in [7, 11) is 5.87. The number of aryl methyl sites for hydroxylation is 1. The van der Waals surface area contributed by atoms with Crippen LogP contribution in [0.15, 0.2) is 36.4 Å². The number of hydrogen-bond donors (Lipinski definition) is 1. The maximum Gasteiger partial charge on any atom is 0.350 e. The molecule has 4 unspecified atom stereocenters. The number of allylic oxidation sites excluding steroid dienone is 1. The molecule has 31 heavy (non-hydrogen) atoms. The highest BCUT2D eigenvalue weighted by Gasteiger charge is 2.53. The van der Waals surface area contributed by atoms with Crippen LogP contribution in [0.25, 0.3) is 10.9 Å². The van der Waals surface area contributed by atoms with Crippen LogP contribution in [0.1, 0.15) is 41.6 Å². The van der Waals surface area contributed by atoms with Gasteiger partial charge in [0.15, 0.2) is 12.0 Å². The standard InChI is InChI=1S/C25H33N4O2/c1-16-10-11-20-17(12-16)13-19-24(27-20)28-15-22(31-4)21(26-18-8-6-5-7-9-18)14-23(28)29(2,3)25(19)30/h6,8,10-13,18,21-23,26H,5,7,9,14-15H2,1-4H3/q+1. The number of amides is 1. The van der Waals surface area contributed by atoms with E-state index in [1.54, 1.807) is 7.11 Å². The molecule has 6 heteroatoms. The highest BCUT2D eigenvalue weighted by Crippen LogP contribution is 2.39. The molecule has 6 nitrogen and oxygen atoms in total. The van der Waals surface area contributed by atoms with Crippen molar-refractivity contribution in [2.75, 3.05) is 32.6 Å². The Morgan fingerprint density at radius 1 is 1.26 bits per heavy atom. The first-order chi connectivity index (χ1) is 14.9. The van der Waals surface area contributed by atoms with Gasteiger partial charge in [0.05, 0.1) is 32.3 Å². The van der Waals surface area contributed by atoms with Crippen LogP contribution in [0, 0.1) is 6.92 Å². The Balaban J connectivity index is 1.53. The number of quaternary nitrogens is 1. The second-order valence-corrected chi connectivity index (χ2v) is 9.78. The molecule has 0 saturated carbocycles. The van der Waals surface area contributed by atoms with E-state index in [1.807, 2.05) is 20.2 Å². The minimum atomic E-state index is 0.0341. The number of rotatable bonds is 3. The molecule has 1 N–H and O–H groups in total. The predicted octanol–water partition coefficient (Wildman–Crippen LogP) is 3.39. The van der Waals surface area contributed by atoms with E-state index in [1.165, 1.54) is 18.4 Å². The average molecular weight is 422 g/mol. The first kappa shape index (κ1) is 20.6. The van der Waals surface area contributed by atoms with Gasteiger partial charge >= 0.3 is 5.91 Å². The van der Waals surface area contributed by atoms with Gasteiger partial charge in [-0.3, -0.25) is 0 Å². The fourth-order valence-corrected chi connectivity index (χ4v) is 5.54. The number of benzene rings is 1. The minimum Gasteiger partial charge on any atom is -0.378 e. The second kappa shape index (κ2) is 7.69. The Labute approximate surface area is 184 Å². The number of carbonyl (C=O) groups excluding carboxylic acids is 1. The molecule has 4 atom stereocenters. The third-order valence-corrected chi connectivity index (χ3v) is 7.36. The van der Waals surface area contributed by atoms with Gasteiger partial charge in [0.25, 0.3) is 0 Å². The van der Waals surface area contributed by atoms with Crippen LogP contribution in [0.5, 0.6) is 0 Å². The number of aromatic nitrogens is 1. The van der Waals surface area contributed by atoms with E-state index in [0.29, 0.717) is 10.5 Å². The smallest absolute Gasteiger partial charge is 0.350 e. The summed E-state index contributed by atoms with van der Waals surface area (Å²) in [6.07, 6.45) is 9.03. The largest absolute Gasteiger partial charge is 0.378 e. The van der Waals surface area contributed by atoms with Crippen molar-refractivity contribution in [1.82, 2.24) is 10.3 Å². The van der Waals surface area contributed by atoms with Gasteiger partial charge in [-0.05, 0) is 44.4 Å². The van der Waals surface area contributed by atoms with Crippen LogP contribution in [0.2, 0.25) is 0 Å². The van der Waals surface area contributed by atoms with Gasteiger partial charge in [0.2, 0.25) is 0 Å². The molecular formula is C25H33N4O2+. The quantitative estimate of drug-likeness (QED) is 0.608. The Bertz CT molecular complexity index is 1050. The zero-order valence-electron chi connectivity index (χ0n) is 19.0. The molecule has 0 radical (unpaired) electrons. The highest BCUT2D eigenvalue weighted by molar-refractivity contribution is 6.00. The van der Waals surface area contributed by atoms with Crippen LogP contribution in [0.3, 0.4) is 0 Å². The van der Waals surface area contributed by atoms with Crippen molar-refractivity contribution in [2.45, 2.75) is 57.0 Å². The molecule has 3 heterocycles. The minimum absolute atomic E-state index is 0.0341. The van der Waals surface area contributed by atoms with E-state index >= 15 is 0 Å². The Kier molecular flexibility index (Phi) is 5.12. The van der Waals surface area contributed by atoms with Crippen LogP contribution in [-0.4, -0.2) is 67.5 Å². The summed E-state index contributed by atoms with van der Waals surface area (Å²) >= 11 is 0. The van der Waals surface area contributed by atoms with Gasteiger partial charge in [-0.2, -0.15) is 0 Å². The first-order valence-corrected chi connectivity index (χ1v) is 11.4. The SMILES string of the molecule is COC1CN2c3nc4ccc(C)cc4cc3C(=O)[N+](C)(C)C2CC1NC1C=CCCC1. The molecule has 1 aliphatic carbocycles. The fraction of sp³-hybridized carbons (Fsp3) is 0.520. The number of nitrogens with zero attached hydrogens (tertiary/aromatic N) is 3.